The highest BCUT2D eigenvalue weighted by Gasteiger charge is 2.00. The number of ether oxygens (including phenoxy) is 1. The predicted octanol–water partition coefficient (Wildman–Crippen LogP) is 0.564. The fourth-order valence-corrected chi connectivity index (χ4v) is 1.93. The topological polar surface area (TPSA) is 74.9 Å². The Balaban J connectivity index is 2.19. The first kappa shape index (κ1) is 17.4. The van der Waals surface area contributed by atoms with Crippen molar-refractivity contribution in [1.82, 2.24) is 15.6 Å². The van der Waals surface area contributed by atoms with E-state index in [1.807, 2.05) is 6.07 Å². The normalized spacial score (nSPS) is 11.7. The summed E-state index contributed by atoms with van der Waals surface area (Å²) >= 11 is 0. The van der Waals surface area contributed by atoms with Crippen LogP contribution in [-0.2, 0) is 11.3 Å². The number of aliphatic imine (C=N–C) groups is 1. The molecule has 0 heterocycles. The number of benzene rings is 1. The van der Waals surface area contributed by atoms with Gasteiger partial charge in [0, 0.05) is 26.7 Å². The molecule has 1 aromatic rings. The third-order valence-electron chi connectivity index (χ3n) is 3.00. The second kappa shape index (κ2) is 11.1. The molecule has 0 amide bonds. The number of rotatable bonds is 9. The van der Waals surface area contributed by atoms with Gasteiger partial charge in [0.25, 0.3) is 0 Å². The van der Waals surface area contributed by atoms with E-state index in [2.05, 4.69) is 51.9 Å². The highest BCUT2D eigenvalue weighted by molar-refractivity contribution is 5.79. The molecule has 0 aliphatic rings. The smallest absolute Gasteiger partial charge is 0.205 e. The molecule has 0 saturated carbocycles. The summed E-state index contributed by atoms with van der Waals surface area (Å²) in [6, 6.07) is 10.5. The van der Waals surface area contributed by atoms with Crippen molar-refractivity contribution < 1.29 is 4.74 Å². The van der Waals surface area contributed by atoms with Crippen LogP contribution in [0.2, 0.25) is 0 Å². The maximum atomic E-state index is 5.40. The largest absolute Gasteiger partial charge is 0.383 e. The Hall–Kier alpha value is -1.63. The standard InChI is InChI=1S/C15H27N5O/c1-20(13-14-7-4-3-5-8-14)11-6-9-17-15(19-16)18-10-12-21-2/h3-5,7-8H,6,9-13,16H2,1-2H3,(H2,17,18,19). The summed E-state index contributed by atoms with van der Waals surface area (Å²) in [7, 11) is 3.78. The number of nitrogens with zero attached hydrogens (tertiary/aromatic N) is 2. The van der Waals surface area contributed by atoms with E-state index in [0.29, 0.717) is 19.1 Å². The lowest BCUT2D eigenvalue weighted by Crippen LogP contribution is -2.43. The molecule has 0 unspecified atom stereocenters. The van der Waals surface area contributed by atoms with E-state index in [0.717, 1.165) is 26.1 Å². The molecule has 0 saturated heterocycles. The van der Waals surface area contributed by atoms with Gasteiger partial charge in [-0.25, -0.2) is 5.84 Å². The minimum absolute atomic E-state index is 0.609. The molecule has 0 atom stereocenters. The SMILES string of the molecule is COCCNC(=NCCCN(C)Cc1ccccc1)NN. The highest BCUT2D eigenvalue weighted by Crippen LogP contribution is 2.02. The Kier molecular flexibility index (Phi) is 9.19. The number of nitrogens with one attached hydrogen (secondary N) is 2. The number of hydrogen-bond donors (Lipinski definition) is 3. The maximum Gasteiger partial charge on any atom is 0.205 e. The molecule has 0 aromatic heterocycles. The van der Waals surface area contributed by atoms with Crippen molar-refractivity contribution >= 4 is 5.96 Å². The van der Waals surface area contributed by atoms with Gasteiger partial charge in [-0.1, -0.05) is 30.3 Å². The zero-order valence-corrected chi connectivity index (χ0v) is 13.0. The quantitative estimate of drug-likeness (QED) is 0.204. The number of hydrazine groups is 1. The molecule has 0 aliphatic heterocycles. The minimum Gasteiger partial charge on any atom is -0.383 e. The van der Waals surface area contributed by atoms with Gasteiger partial charge in [-0.3, -0.25) is 10.4 Å². The van der Waals surface area contributed by atoms with Crippen LogP contribution in [0.5, 0.6) is 0 Å². The molecule has 0 aliphatic carbocycles. The van der Waals surface area contributed by atoms with E-state index in [-0.39, 0.29) is 0 Å². The zero-order chi connectivity index (χ0) is 15.3. The van der Waals surface area contributed by atoms with Crippen molar-refractivity contribution in [2.45, 2.75) is 13.0 Å². The zero-order valence-electron chi connectivity index (χ0n) is 13.0. The number of hydrogen-bond acceptors (Lipinski definition) is 4. The minimum atomic E-state index is 0.609. The van der Waals surface area contributed by atoms with Gasteiger partial charge in [-0.15, -0.1) is 0 Å². The van der Waals surface area contributed by atoms with Crippen LogP contribution in [0.4, 0.5) is 0 Å². The van der Waals surface area contributed by atoms with Gasteiger partial charge in [-0.05, 0) is 25.6 Å². The predicted molar refractivity (Wildman–Crippen MR) is 86.9 cm³/mol. The van der Waals surface area contributed by atoms with Crippen molar-refractivity contribution in [2.24, 2.45) is 10.8 Å². The molecule has 6 nitrogen and oxygen atoms in total. The van der Waals surface area contributed by atoms with Gasteiger partial charge < -0.3 is 15.0 Å². The summed E-state index contributed by atoms with van der Waals surface area (Å²) in [4.78, 5) is 6.67. The Labute approximate surface area is 127 Å². The molecular weight excluding hydrogens is 266 g/mol. The highest BCUT2D eigenvalue weighted by atomic mass is 16.5. The fourth-order valence-electron chi connectivity index (χ4n) is 1.93. The third kappa shape index (κ3) is 8.29. The first-order chi connectivity index (χ1) is 10.3. The molecule has 6 heteroatoms. The molecule has 0 radical (unpaired) electrons. The summed E-state index contributed by atoms with van der Waals surface area (Å²) in [5.74, 6) is 6.01. The van der Waals surface area contributed by atoms with Crippen LogP contribution in [0.15, 0.2) is 35.3 Å². The molecule has 0 spiro atoms. The van der Waals surface area contributed by atoms with Gasteiger partial charge >= 0.3 is 0 Å². The summed E-state index contributed by atoms with van der Waals surface area (Å²) in [5, 5.41) is 3.07. The summed E-state index contributed by atoms with van der Waals surface area (Å²) in [6.45, 7) is 4.00. The van der Waals surface area contributed by atoms with Crippen LogP contribution in [0, 0.1) is 0 Å². The molecule has 4 N–H and O–H groups in total. The first-order valence-corrected chi connectivity index (χ1v) is 7.22. The molecule has 0 fully saturated rings. The van der Waals surface area contributed by atoms with Gasteiger partial charge in [0.05, 0.1) is 6.61 Å². The number of methoxy groups -OCH3 is 1. The van der Waals surface area contributed by atoms with Crippen molar-refractivity contribution in [3.8, 4) is 0 Å². The van der Waals surface area contributed by atoms with Crippen molar-refractivity contribution in [2.75, 3.05) is 40.4 Å². The lowest BCUT2D eigenvalue weighted by Gasteiger charge is -2.16. The van der Waals surface area contributed by atoms with E-state index in [9.17, 15) is 0 Å². The van der Waals surface area contributed by atoms with E-state index in [1.165, 1.54) is 5.56 Å². The van der Waals surface area contributed by atoms with Crippen molar-refractivity contribution in [3.63, 3.8) is 0 Å². The van der Waals surface area contributed by atoms with Crippen LogP contribution in [-0.4, -0.2) is 51.3 Å². The third-order valence-corrected chi connectivity index (χ3v) is 3.00. The molecular formula is C15H27N5O. The van der Waals surface area contributed by atoms with Crippen LogP contribution >= 0.6 is 0 Å². The fraction of sp³-hybridized carbons (Fsp3) is 0.533. The number of guanidine groups is 1. The van der Waals surface area contributed by atoms with Crippen LogP contribution in [0.1, 0.15) is 12.0 Å². The second-order valence-corrected chi connectivity index (χ2v) is 4.87. The Morgan fingerprint density at radius 3 is 2.76 bits per heavy atom. The van der Waals surface area contributed by atoms with Crippen LogP contribution < -0.4 is 16.6 Å². The molecule has 118 valence electrons. The van der Waals surface area contributed by atoms with Gasteiger partial charge in [0.1, 0.15) is 0 Å². The molecule has 0 bridgehead atoms. The monoisotopic (exact) mass is 293 g/mol. The molecule has 1 rings (SSSR count). The summed E-state index contributed by atoms with van der Waals surface area (Å²) < 4.78 is 4.96. The van der Waals surface area contributed by atoms with Crippen molar-refractivity contribution in [3.05, 3.63) is 35.9 Å². The van der Waals surface area contributed by atoms with Gasteiger partial charge in [-0.2, -0.15) is 0 Å². The van der Waals surface area contributed by atoms with Gasteiger partial charge in [0.2, 0.25) is 5.96 Å². The second-order valence-electron chi connectivity index (χ2n) is 4.87. The average Bonchev–Trinajstić information content (AvgIpc) is 2.50. The van der Waals surface area contributed by atoms with E-state index in [4.69, 9.17) is 10.6 Å². The maximum absolute atomic E-state index is 5.40. The van der Waals surface area contributed by atoms with E-state index in [1.54, 1.807) is 7.11 Å². The molecule has 21 heavy (non-hydrogen) atoms. The van der Waals surface area contributed by atoms with Crippen LogP contribution in [0.3, 0.4) is 0 Å². The van der Waals surface area contributed by atoms with E-state index < -0.39 is 0 Å². The van der Waals surface area contributed by atoms with Crippen LogP contribution in [0.25, 0.3) is 0 Å². The summed E-state index contributed by atoms with van der Waals surface area (Å²) in [6.07, 6.45) is 0.987. The average molecular weight is 293 g/mol. The lowest BCUT2D eigenvalue weighted by molar-refractivity contribution is 0.203. The van der Waals surface area contributed by atoms with Crippen molar-refractivity contribution in [1.29, 1.82) is 0 Å². The number of nitrogens with two attached hydrogens (primary N) is 1. The Morgan fingerprint density at radius 1 is 1.33 bits per heavy atom. The van der Waals surface area contributed by atoms with E-state index >= 15 is 0 Å². The summed E-state index contributed by atoms with van der Waals surface area (Å²) in [5.41, 5.74) is 3.89. The Bertz CT molecular complexity index is 396. The first-order valence-electron chi connectivity index (χ1n) is 7.22. The molecule has 1 aromatic carbocycles. The lowest BCUT2D eigenvalue weighted by atomic mass is 10.2. The van der Waals surface area contributed by atoms with Gasteiger partial charge in [0.15, 0.2) is 0 Å². The Morgan fingerprint density at radius 2 is 2.10 bits per heavy atom.